The second kappa shape index (κ2) is 9.22. The minimum absolute atomic E-state index is 0.0213. The van der Waals surface area contributed by atoms with Gasteiger partial charge in [0.2, 0.25) is 0 Å². The normalized spacial score (nSPS) is 18.5. The van der Waals surface area contributed by atoms with E-state index in [4.69, 9.17) is 9.47 Å². The zero-order chi connectivity index (χ0) is 24.5. The molecule has 2 aromatic carbocycles. The summed E-state index contributed by atoms with van der Waals surface area (Å²) in [4.78, 5) is 36.8. The lowest BCUT2D eigenvalue weighted by Gasteiger charge is -2.16. The maximum atomic E-state index is 12.8. The molecular formula is C25H24N4O6. The molecule has 1 aromatic heterocycles. The highest BCUT2D eigenvalue weighted by Crippen LogP contribution is 2.44. The van der Waals surface area contributed by atoms with Crippen LogP contribution in [-0.4, -0.2) is 58.2 Å². The maximum Gasteiger partial charge on any atom is 0.412 e. The van der Waals surface area contributed by atoms with Gasteiger partial charge in [-0.3, -0.25) is 14.8 Å². The lowest BCUT2D eigenvalue weighted by Crippen LogP contribution is -2.44. The van der Waals surface area contributed by atoms with Crippen molar-refractivity contribution in [2.75, 3.05) is 18.5 Å². The van der Waals surface area contributed by atoms with E-state index in [9.17, 15) is 19.5 Å². The molecule has 2 atom stereocenters. The topological polar surface area (TPSA) is 132 Å². The highest BCUT2D eigenvalue weighted by Gasteiger charge is 2.36. The summed E-state index contributed by atoms with van der Waals surface area (Å²) in [5, 5.41) is 18.6. The second-order valence-corrected chi connectivity index (χ2v) is 8.51. The van der Waals surface area contributed by atoms with Crippen LogP contribution in [-0.2, 0) is 21.3 Å². The van der Waals surface area contributed by atoms with Crippen LogP contribution in [0.15, 0.2) is 54.7 Å². The van der Waals surface area contributed by atoms with Gasteiger partial charge in [0, 0.05) is 25.8 Å². The van der Waals surface area contributed by atoms with E-state index < -0.39 is 30.1 Å². The Bertz CT molecular complexity index is 1260. The Morgan fingerprint density at radius 1 is 1.11 bits per heavy atom. The molecule has 1 aliphatic heterocycles. The molecule has 1 fully saturated rings. The Hall–Kier alpha value is -4.18. The third-order valence-corrected chi connectivity index (χ3v) is 6.29. The van der Waals surface area contributed by atoms with Crippen LogP contribution >= 0.6 is 0 Å². The summed E-state index contributed by atoms with van der Waals surface area (Å²) in [6.45, 7) is 0.355. The lowest BCUT2D eigenvalue weighted by molar-refractivity contribution is -0.148. The number of carbonyl (C=O) groups is 3. The molecule has 0 bridgehead atoms. The number of nitrogens with zero attached hydrogens (tertiary/aromatic N) is 2. The molecule has 0 spiro atoms. The number of aliphatic carboxylic acids is 1. The zero-order valence-electron chi connectivity index (χ0n) is 18.9. The van der Waals surface area contributed by atoms with Gasteiger partial charge >= 0.3 is 12.1 Å². The highest BCUT2D eigenvalue weighted by molar-refractivity contribution is 6.01. The number of aromatic nitrogens is 2. The molecule has 2 heterocycles. The summed E-state index contributed by atoms with van der Waals surface area (Å²) >= 11 is 0. The Morgan fingerprint density at radius 3 is 2.43 bits per heavy atom. The number of nitrogens with one attached hydrogen (secondary N) is 2. The number of rotatable bonds is 6. The average molecular weight is 476 g/mol. The van der Waals surface area contributed by atoms with Gasteiger partial charge in [0.25, 0.3) is 5.91 Å². The van der Waals surface area contributed by atoms with E-state index in [2.05, 4.69) is 27.9 Å². The molecule has 0 radical (unpaired) electrons. The van der Waals surface area contributed by atoms with E-state index in [-0.39, 0.29) is 30.5 Å². The average Bonchev–Trinajstić information content (AvgIpc) is 3.53. The highest BCUT2D eigenvalue weighted by atomic mass is 16.5. The quantitative estimate of drug-likeness (QED) is 0.498. The molecular weight excluding hydrogens is 452 g/mol. The summed E-state index contributed by atoms with van der Waals surface area (Å²) in [6.07, 6.45) is -0.0423. The Morgan fingerprint density at radius 2 is 1.77 bits per heavy atom. The number of carboxylic acid groups (broad SMARTS) is 1. The standard InChI is InChI=1S/C25H24N4O6/c1-29-12-18(23(30)26-20-10-11-34-21(20)24(31)32)22(28-29)27-25(33)35-13-19-16-8-4-2-6-14(16)15-7-3-5-9-17(15)19/h2-9,12,19-21H,10-11,13H2,1H3,(H,26,30)(H,31,32)(H,27,28,33)/t20-,21+/m0/s1. The van der Waals surface area contributed by atoms with E-state index in [1.807, 2.05) is 36.4 Å². The molecule has 0 saturated carbocycles. The molecule has 35 heavy (non-hydrogen) atoms. The van der Waals surface area contributed by atoms with Crippen molar-refractivity contribution in [2.24, 2.45) is 7.05 Å². The van der Waals surface area contributed by atoms with Crippen molar-refractivity contribution < 1.29 is 29.0 Å². The van der Waals surface area contributed by atoms with Gasteiger partial charge < -0.3 is 19.9 Å². The number of ether oxygens (including phenoxy) is 2. The van der Waals surface area contributed by atoms with E-state index in [1.54, 1.807) is 7.05 Å². The fourth-order valence-corrected chi connectivity index (χ4v) is 4.71. The molecule has 2 aliphatic rings. The van der Waals surface area contributed by atoms with Crippen molar-refractivity contribution in [3.63, 3.8) is 0 Å². The van der Waals surface area contributed by atoms with Crippen molar-refractivity contribution >= 4 is 23.8 Å². The lowest BCUT2D eigenvalue weighted by atomic mass is 9.98. The van der Waals surface area contributed by atoms with Crippen LogP contribution in [0.5, 0.6) is 0 Å². The maximum absolute atomic E-state index is 12.8. The predicted octanol–water partition coefficient (Wildman–Crippen LogP) is 2.75. The molecule has 2 amide bonds. The molecule has 3 aromatic rings. The van der Waals surface area contributed by atoms with Gasteiger partial charge in [0.05, 0.1) is 6.04 Å². The number of benzene rings is 2. The molecule has 1 saturated heterocycles. The van der Waals surface area contributed by atoms with Crippen LogP contribution in [0, 0.1) is 0 Å². The zero-order valence-corrected chi connectivity index (χ0v) is 18.9. The van der Waals surface area contributed by atoms with Crippen molar-refractivity contribution in [2.45, 2.75) is 24.5 Å². The molecule has 1 aliphatic carbocycles. The third kappa shape index (κ3) is 4.35. The van der Waals surface area contributed by atoms with Crippen molar-refractivity contribution in [3.8, 4) is 11.1 Å². The first-order valence-electron chi connectivity index (χ1n) is 11.2. The van der Waals surface area contributed by atoms with Crippen LogP contribution in [0.4, 0.5) is 10.6 Å². The molecule has 10 heteroatoms. The van der Waals surface area contributed by atoms with Gasteiger partial charge in [-0.25, -0.2) is 9.59 Å². The fourth-order valence-electron chi connectivity index (χ4n) is 4.71. The number of carboxylic acids is 1. The minimum Gasteiger partial charge on any atom is -0.479 e. The van der Waals surface area contributed by atoms with Gasteiger partial charge in [-0.1, -0.05) is 48.5 Å². The van der Waals surface area contributed by atoms with Gasteiger partial charge in [-0.15, -0.1) is 0 Å². The number of fused-ring (bicyclic) bond motifs is 3. The third-order valence-electron chi connectivity index (χ3n) is 6.29. The van der Waals surface area contributed by atoms with Gasteiger partial charge in [-0.2, -0.15) is 5.10 Å². The summed E-state index contributed by atoms with van der Waals surface area (Å²) in [7, 11) is 1.61. The van der Waals surface area contributed by atoms with E-state index in [0.29, 0.717) is 6.42 Å². The summed E-state index contributed by atoms with van der Waals surface area (Å²) in [5.74, 6) is -1.78. The van der Waals surface area contributed by atoms with Crippen LogP contribution < -0.4 is 10.6 Å². The Labute approximate surface area is 200 Å². The Balaban J connectivity index is 1.26. The minimum atomic E-state index is -1.14. The number of anilines is 1. The van der Waals surface area contributed by atoms with E-state index in [0.717, 1.165) is 22.3 Å². The number of aryl methyl sites for hydroxylation is 1. The van der Waals surface area contributed by atoms with Crippen LogP contribution in [0.2, 0.25) is 0 Å². The molecule has 180 valence electrons. The van der Waals surface area contributed by atoms with Gasteiger partial charge in [-0.05, 0) is 28.7 Å². The number of amides is 2. The SMILES string of the molecule is Cn1cc(C(=O)N[C@H]2CCO[C@H]2C(=O)O)c(NC(=O)OCC2c3ccccc3-c3ccccc32)n1. The van der Waals surface area contributed by atoms with Crippen molar-refractivity contribution in [1.29, 1.82) is 0 Å². The van der Waals surface area contributed by atoms with Gasteiger partial charge in [0.1, 0.15) is 12.2 Å². The fraction of sp³-hybridized carbons (Fsp3) is 0.280. The molecule has 5 rings (SSSR count). The van der Waals surface area contributed by atoms with Crippen molar-refractivity contribution in [1.82, 2.24) is 15.1 Å². The molecule has 3 N–H and O–H groups in total. The number of hydrogen-bond acceptors (Lipinski definition) is 6. The Kier molecular flexibility index (Phi) is 5.96. The first kappa shape index (κ1) is 22.6. The first-order chi connectivity index (χ1) is 16.9. The summed E-state index contributed by atoms with van der Waals surface area (Å²) in [5.41, 5.74) is 4.52. The van der Waals surface area contributed by atoms with Crippen molar-refractivity contribution in [3.05, 3.63) is 71.4 Å². The smallest absolute Gasteiger partial charge is 0.412 e. The number of hydrogen-bond donors (Lipinski definition) is 3. The second-order valence-electron chi connectivity index (χ2n) is 8.51. The molecule has 10 nitrogen and oxygen atoms in total. The number of carbonyl (C=O) groups excluding carboxylic acids is 2. The van der Waals surface area contributed by atoms with E-state index in [1.165, 1.54) is 10.9 Å². The van der Waals surface area contributed by atoms with Crippen LogP contribution in [0.1, 0.15) is 33.8 Å². The summed E-state index contributed by atoms with van der Waals surface area (Å²) in [6, 6.07) is 15.4. The summed E-state index contributed by atoms with van der Waals surface area (Å²) < 4.78 is 12.1. The monoisotopic (exact) mass is 476 g/mol. The van der Waals surface area contributed by atoms with Crippen LogP contribution in [0.3, 0.4) is 0 Å². The predicted molar refractivity (Wildman–Crippen MR) is 125 cm³/mol. The van der Waals surface area contributed by atoms with Gasteiger partial charge in [0.15, 0.2) is 11.9 Å². The first-order valence-corrected chi connectivity index (χ1v) is 11.2. The molecule has 0 unspecified atom stereocenters. The van der Waals surface area contributed by atoms with Crippen LogP contribution in [0.25, 0.3) is 11.1 Å². The largest absolute Gasteiger partial charge is 0.479 e. The van der Waals surface area contributed by atoms with E-state index >= 15 is 0 Å².